The quantitative estimate of drug-likeness (QED) is 0.697. The van der Waals surface area contributed by atoms with Gasteiger partial charge in [-0.15, -0.1) is 0 Å². The molecule has 0 radical (unpaired) electrons. The Hall–Kier alpha value is -0.0800. The molecule has 1 fully saturated rings. The van der Waals surface area contributed by atoms with E-state index in [2.05, 4.69) is 31.0 Å². The molecule has 2 nitrogen and oxygen atoms in total. The first kappa shape index (κ1) is 13.0. The molecule has 0 aromatic carbocycles. The highest BCUT2D eigenvalue weighted by molar-refractivity contribution is 4.78. The molecule has 15 heavy (non-hydrogen) atoms. The van der Waals surface area contributed by atoms with Gasteiger partial charge in [0.1, 0.15) is 0 Å². The van der Waals surface area contributed by atoms with Crippen molar-refractivity contribution in [2.45, 2.75) is 52.5 Å². The van der Waals surface area contributed by atoms with Gasteiger partial charge < -0.3 is 10.2 Å². The third-order valence-electron chi connectivity index (χ3n) is 3.59. The summed E-state index contributed by atoms with van der Waals surface area (Å²) < 4.78 is 0. The van der Waals surface area contributed by atoms with Crippen LogP contribution in [0.5, 0.6) is 0 Å². The fourth-order valence-corrected chi connectivity index (χ4v) is 2.51. The molecule has 0 bridgehead atoms. The molecule has 0 aliphatic carbocycles. The van der Waals surface area contributed by atoms with Crippen molar-refractivity contribution < 1.29 is 0 Å². The summed E-state index contributed by atoms with van der Waals surface area (Å²) in [6.45, 7) is 12.0. The predicted octanol–water partition coefficient (Wildman–Crippen LogP) is 2.50. The molecule has 0 amide bonds. The van der Waals surface area contributed by atoms with Crippen LogP contribution < -0.4 is 5.32 Å². The molecule has 90 valence electrons. The SMILES string of the molecule is CCCN1CCC(CNC(CC)CC)C1. The van der Waals surface area contributed by atoms with E-state index in [0.29, 0.717) is 0 Å². The zero-order valence-electron chi connectivity index (χ0n) is 10.8. The standard InChI is InChI=1S/C13H28N2/c1-4-8-15-9-7-12(11-15)10-14-13(5-2)6-3/h12-14H,4-11H2,1-3H3. The van der Waals surface area contributed by atoms with E-state index in [1.165, 1.54) is 51.9 Å². The van der Waals surface area contributed by atoms with Crippen LogP contribution in [0.15, 0.2) is 0 Å². The van der Waals surface area contributed by atoms with Gasteiger partial charge >= 0.3 is 0 Å². The molecule has 0 aromatic heterocycles. The Morgan fingerprint density at radius 2 is 2.00 bits per heavy atom. The molecule has 1 aliphatic heterocycles. The summed E-state index contributed by atoms with van der Waals surface area (Å²) >= 11 is 0. The van der Waals surface area contributed by atoms with Gasteiger partial charge in [0, 0.05) is 12.6 Å². The highest BCUT2D eigenvalue weighted by atomic mass is 15.1. The molecule has 1 heterocycles. The van der Waals surface area contributed by atoms with Gasteiger partial charge in [0.05, 0.1) is 0 Å². The Labute approximate surface area is 95.4 Å². The summed E-state index contributed by atoms with van der Waals surface area (Å²) in [4.78, 5) is 2.61. The second-order valence-corrected chi connectivity index (χ2v) is 4.88. The number of nitrogens with one attached hydrogen (secondary N) is 1. The summed E-state index contributed by atoms with van der Waals surface area (Å²) in [5, 5.41) is 3.70. The van der Waals surface area contributed by atoms with E-state index < -0.39 is 0 Å². The van der Waals surface area contributed by atoms with Gasteiger partial charge in [-0.2, -0.15) is 0 Å². The lowest BCUT2D eigenvalue weighted by molar-refractivity contribution is 0.318. The topological polar surface area (TPSA) is 15.3 Å². The molecule has 0 spiro atoms. The monoisotopic (exact) mass is 212 g/mol. The van der Waals surface area contributed by atoms with Gasteiger partial charge in [0.15, 0.2) is 0 Å². The number of likely N-dealkylation sites (tertiary alicyclic amines) is 1. The Bertz CT molecular complexity index is 155. The third kappa shape index (κ3) is 4.52. The van der Waals surface area contributed by atoms with Crippen molar-refractivity contribution in [3.63, 3.8) is 0 Å². The predicted molar refractivity (Wildman–Crippen MR) is 67.2 cm³/mol. The fraction of sp³-hybridized carbons (Fsp3) is 1.00. The van der Waals surface area contributed by atoms with Crippen LogP contribution in [-0.4, -0.2) is 37.1 Å². The first-order valence-electron chi connectivity index (χ1n) is 6.75. The molecule has 0 aromatic rings. The smallest absolute Gasteiger partial charge is 0.00619 e. The maximum atomic E-state index is 3.70. The summed E-state index contributed by atoms with van der Waals surface area (Å²) in [7, 11) is 0. The van der Waals surface area contributed by atoms with Crippen molar-refractivity contribution in [3.8, 4) is 0 Å². The van der Waals surface area contributed by atoms with E-state index in [-0.39, 0.29) is 0 Å². The third-order valence-corrected chi connectivity index (χ3v) is 3.59. The molecule has 1 N–H and O–H groups in total. The molecular weight excluding hydrogens is 184 g/mol. The molecule has 1 aliphatic rings. The van der Waals surface area contributed by atoms with E-state index in [1.807, 2.05) is 0 Å². The lowest BCUT2D eigenvalue weighted by Gasteiger charge is -2.19. The molecule has 1 saturated heterocycles. The van der Waals surface area contributed by atoms with Crippen LogP contribution in [0.1, 0.15) is 46.5 Å². The van der Waals surface area contributed by atoms with Crippen LogP contribution in [0.25, 0.3) is 0 Å². The van der Waals surface area contributed by atoms with Crippen molar-refractivity contribution >= 4 is 0 Å². The second kappa shape index (κ2) is 7.24. The van der Waals surface area contributed by atoms with Crippen molar-refractivity contribution in [2.75, 3.05) is 26.2 Å². The number of rotatable bonds is 7. The summed E-state index contributed by atoms with van der Waals surface area (Å²) in [5.74, 6) is 0.900. The minimum atomic E-state index is 0.741. The van der Waals surface area contributed by atoms with Gasteiger partial charge in [-0.25, -0.2) is 0 Å². The van der Waals surface area contributed by atoms with Crippen LogP contribution >= 0.6 is 0 Å². The number of hydrogen-bond acceptors (Lipinski definition) is 2. The van der Waals surface area contributed by atoms with Gasteiger partial charge in [-0.05, 0) is 51.2 Å². The molecule has 2 heteroatoms. The van der Waals surface area contributed by atoms with Crippen molar-refractivity contribution in [1.29, 1.82) is 0 Å². The Morgan fingerprint density at radius 3 is 2.60 bits per heavy atom. The van der Waals surface area contributed by atoms with E-state index in [4.69, 9.17) is 0 Å². The zero-order valence-corrected chi connectivity index (χ0v) is 10.8. The van der Waals surface area contributed by atoms with Crippen LogP contribution in [0.3, 0.4) is 0 Å². The minimum absolute atomic E-state index is 0.741. The molecule has 1 atom stereocenters. The van der Waals surface area contributed by atoms with Gasteiger partial charge in [-0.1, -0.05) is 20.8 Å². The minimum Gasteiger partial charge on any atom is -0.314 e. The van der Waals surface area contributed by atoms with Gasteiger partial charge in [0.2, 0.25) is 0 Å². The Balaban J connectivity index is 2.13. The lowest BCUT2D eigenvalue weighted by Crippen LogP contribution is -2.33. The maximum absolute atomic E-state index is 3.70. The highest BCUT2D eigenvalue weighted by Gasteiger charge is 2.21. The summed E-state index contributed by atoms with van der Waals surface area (Å²) in [6, 6.07) is 0.741. The molecule has 0 saturated carbocycles. The lowest BCUT2D eigenvalue weighted by atomic mass is 10.1. The average molecular weight is 212 g/mol. The van der Waals surface area contributed by atoms with E-state index in [1.54, 1.807) is 0 Å². The summed E-state index contributed by atoms with van der Waals surface area (Å²) in [6.07, 6.45) is 5.23. The van der Waals surface area contributed by atoms with Crippen LogP contribution in [0, 0.1) is 5.92 Å². The maximum Gasteiger partial charge on any atom is 0.00619 e. The Morgan fingerprint density at radius 1 is 1.27 bits per heavy atom. The van der Waals surface area contributed by atoms with Crippen LogP contribution in [0.4, 0.5) is 0 Å². The summed E-state index contributed by atoms with van der Waals surface area (Å²) in [5.41, 5.74) is 0. The van der Waals surface area contributed by atoms with Crippen molar-refractivity contribution in [3.05, 3.63) is 0 Å². The van der Waals surface area contributed by atoms with E-state index in [0.717, 1.165) is 12.0 Å². The van der Waals surface area contributed by atoms with Crippen LogP contribution in [0.2, 0.25) is 0 Å². The normalized spacial score (nSPS) is 22.8. The van der Waals surface area contributed by atoms with E-state index in [9.17, 15) is 0 Å². The average Bonchev–Trinajstić information content (AvgIpc) is 2.68. The number of nitrogens with zero attached hydrogens (tertiary/aromatic N) is 1. The van der Waals surface area contributed by atoms with Crippen LogP contribution in [-0.2, 0) is 0 Å². The first-order chi connectivity index (χ1) is 7.30. The second-order valence-electron chi connectivity index (χ2n) is 4.88. The first-order valence-corrected chi connectivity index (χ1v) is 6.75. The van der Waals surface area contributed by atoms with Gasteiger partial charge in [-0.3, -0.25) is 0 Å². The fourth-order valence-electron chi connectivity index (χ4n) is 2.51. The van der Waals surface area contributed by atoms with E-state index >= 15 is 0 Å². The van der Waals surface area contributed by atoms with Gasteiger partial charge in [0.25, 0.3) is 0 Å². The van der Waals surface area contributed by atoms with Crippen molar-refractivity contribution in [2.24, 2.45) is 5.92 Å². The largest absolute Gasteiger partial charge is 0.314 e. The highest BCUT2D eigenvalue weighted by Crippen LogP contribution is 2.15. The van der Waals surface area contributed by atoms with Crippen molar-refractivity contribution in [1.82, 2.24) is 10.2 Å². The molecule has 1 rings (SSSR count). The number of hydrogen-bond donors (Lipinski definition) is 1. The molecule has 1 unspecified atom stereocenters. The zero-order chi connectivity index (χ0) is 11.1. The Kier molecular flexibility index (Phi) is 6.26. The molecular formula is C13H28N2.